The van der Waals surface area contributed by atoms with Gasteiger partial charge in [0, 0.05) is 13.1 Å². The first-order valence-corrected chi connectivity index (χ1v) is 6.88. The summed E-state index contributed by atoms with van der Waals surface area (Å²) in [5, 5.41) is 10.0. The van der Waals surface area contributed by atoms with Crippen LogP contribution in [-0.2, 0) is 6.54 Å². The molecule has 0 bridgehead atoms. The molecule has 100 valence electrons. The zero-order chi connectivity index (χ0) is 13.5. The van der Waals surface area contributed by atoms with Gasteiger partial charge in [0.2, 0.25) is 0 Å². The van der Waals surface area contributed by atoms with Gasteiger partial charge in [0.05, 0.1) is 5.69 Å². The average Bonchev–Trinajstić information content (AvgIpc) is 2.45. The van der Waals surface area contributed by atoms with Crippen LogP contribution in [0.5, 0.6) is 5.75 Å². The first kappa shape index (κ1) is 13.5. The van der Waals surface area contributed by atoms with Gasteiger partial charge in [0.15, 0.2) is 0 Å². The number of unbranched alkanes of at least 4 members (excludes halogenated alkanes) is 1. The maximum atomic E-state index is 10.0. The topological polar surface area (TPSA) is 23.5 Å². The van der Waals surface area contributed by atoms with Gasteiger partial charge < -0.3 is 10.0 Å². The fourth-order valence-electron chi connectivity index (χ4n) is 2.17. The van der Waals surface area contributed by atoms with Gasteiger partial charge in [-0.1, -0.05) is 55.8 Å². The molecule has 0 aliphatic heterocycles. The van der Waals surface area contributed by atoms with Crippen molar-refractivity contribution in [3.05, 3.63) is 60.2 Å². The van der Waals surface area contributed by atoms with Gasteiger partial charge >= 0.3 is 0 Å². The molecule has 0 heterocycles. The summed E-state index contributed by atoms with van der Waals surface area (Å²) in [6.45, 7) is 3.98. The second-order valence-corrected chi connectivity index (χ2v) is 4.75. The van der Waals surface area contributed by atoms with Crippen LogP contribution in [0, 0.1) is 0 Å². The van der Waals surface area contributed by atoms with Crippen LogP contribution in [0.15, 0.2) is 54.6 Å². The number of phenols is 1. The van der Waals surface area contributed by atoms with Crippen molar-refractivity contribution in [3.63, 3.8) is 0 Å². The molecule has 0 aliphatic carbocycles. The van der Waals surface area contributed by atoms with E-state index < -0.39 is 0 Å². The van der Waals surface area contributed by atoms with Gasteiger partial charge in [-0.2, -0.15) is 0 Å². The highest BCUT2D eigenvalue weighted by Crippen LogP contribution is 2.28. The Morgan fingerprint density at radius 2 is 1.63 bits per heavy atom. The van der Waals surface area contributed by atoms with E-state index in [1.54, 1.807) is 6.07 Å². The zero-order valence-corrected chi connectivity index (χ0v) is 11.4. The second-order valence-electron chi connectivity index (χ2n) is 4.75. The molecule has 2 rings (SSSR count). The number of rotatable bonds is 6. The van der Waals surface area contributed by atoms with Crippen LogP contribution in [-0.4, -0.2) is 11.7 Å². The van der Waals surface area contributed by atoms with E-state index in [1.807, 2.05) is 24.3 Å². The lowest BCUT2D eigenvalue weighted by molar-refractivity contribution is 0.473. The Bertz CT molecular complexity index is 496. The van der Waals surface area contributed by atoms with E-state index in [1.165, 1.54) is 5.56 Å². The van der Waals surface area contributed by atoms with Crippen LogP contribution in [0.1, 0.15) is 25.3 Å². The third kappa shape index (κ3) is 3.75. The van der Waals surface area contributed by atoms with Crippen molar-refractivity contribution in [2.75, 3.05) is 11.4 Å². The summed E-state index contributed by atoms with van der Waals surface area (Å²) in [7, 11) is 0. The van der Waals surface area contributed by atoms with Crippen LogP contribution in [0.25, 0.3) is 0 Å². The molecule has 2 aromatic carbocycles. The van der Waals surface area contributed by atoms with Crippen LogP contribution in [0.3, 0.4) is 0 Å². The van der Waals surface area contributed by atoms with E-state index in [9.17, 15) is 5.11 Å². The fourth-order valence-corrected chi connectivity index (χ4v) is 2.17. The summed E-state index contributed by atoms with van der Waals surface area (Å²) in [4.78, 5) is 2.24. The number of hydrogen-bond donors (Lipinski definition) is 1. The van der Waals surface area contributed by atoms with Crippen molar-refractivity contribution in [3.8, 4) is 5.75 Å². The maximum Gasteiger partial charge on any atom is 0.138 e. The highest BCUT2D eigenvalue weighted by Gasteiger charge is 2.10. The lowest BCUT2D eigenvalue weighted by Crippen LogP contribution is -2.23. The van der Waals surface area contributed by atoms with Gasteiger partial charge in [-0.25, -0.2) is 0 Å². The predicted molar refractivity (Wildman–Crippen MR) is 80.5 cm³/mol. The molecule has 0 fully saturated rings. The number of anilines is 1. The van der Waals surface area contributed by atoms with Crippen LogP contribution < -0.4 is 4.90 Å². The van der Waals surface area contributed by atoms with Crippen molar-refractivity contribution < 1.29 is 5.11 Å². The standard InChI is InChI=1S/C17H21NO/c1-2-3-13-18(14-15-9-5-4-6-10-15)16-11-7-8-12-17(16)19/h4-12,19H,2-3,13-14H2,1H3. The molecule has 0 atom stereocenters. The van der Waals surface area contributed by atoms with Crippen LogP contribution in [0.2, 0.25) is 0 Å². The van der Waals surface area contributed by atoms with Gasteiger partial charge in [-0.05, 0) is 24.1 Å². The monoisotopic (exact) mass is 255 g/mol. The van der Waals surface area contributed by atoms with Gasteiger partial charge in [-0.3, -0.25) is 0 Å². The Labute approximate surface area is 115 Å². The normalized spacial score (nSPS) is 10.4. The zero-order valence-electron chi connectivity index (χ0n) is 11.4. The molecular weight excluding hydrogens is 234 g/mol. The van der Waals surface area contributed by atoms with Crippen LogP contribution in [0.4, 0.5) is 5.69 Å². The molecule has 0 radical (unpaired) electrons. The van der Waals surface area contributed by atoms with Crippen molar-refractivity contribution in [2.24, 2.45) is 0 Å². The summed E-state index contributed by atoms with van der Waals surface area (Å²) in [5.41, 5.74) is 2.18. The molecule has 1 N–H and O–H groups in total. The van der Waals surface area contributed by atoms with Gasteiger partial charge in [-0.15, -0.1) is 0 Å². The summed E-state index contributed by atoms with van der Waals surface area (Å²) >= 11 is 0. The molecule has 0 aromatic heterocycles. The van der Waals surface area contributed by atoms with E-state index in [2.05, 4.69) is 36.1 Å². The minimum atomic E-state index is 0.356. The third-order valence-electron chi connectivity index (χ3n) is 3.22. The largest absolute Gasteiger partial charge is 0.506 e. The second kappa shape index (κ2) is 6.83. The van der Waals surface area contributed by atoms with E-state index in [0.29, 0.717) is 5.75 Å². The third-order valence-corrected chi connectivity index (χ3v) is 3.22. The molecule has 2 aromatic rings. The van der Waals surface area contributed by atoms with E-state index in [-0.39, 0.29) is 0 Å². The highest BCUT2D eigenvalue weighted by molar-refractivity contribution is 5.57. The fraction of sp³-hybridized carbons (Fsp3) is 0.294. The Kier molecular flexibility index (Phi) is 4.85. The summed E-state index contributed by atoms with van der Waals surface area (Å²) in [6, 6.07) is 17.9. The van der Waals surface area contributed by atoms with Crippen molar-refractivity contribution in [1.29, 1.82) is 0 Å². The predicted octanol–water partition coefficient (Wildman–Crippen LogP) is 4.20. The minimum absolute atomic E-state index is 0.356. The molecule has 0 aliphatic rings. The smallest absolute Gasteiger partial charge is 0.138 e. The number of hydrogen-bond acceptors (Lipinski definition) is 2. The number of para-hydroxylation sites is 2. The number of aromatic hydroxyl groups is 1. The van der Waals surface area contributed by atoms with Gasteiger partial charge in [0.1, 0.15) is 5.75 Å². The maximum absolute atomic E-state index is 10.0. The molecule has 2 heteroatoms. The van der Waals surface area contributed by atoms with Crippen molar-refractivity contribution in [1.82, 2.24) is 0 Å². The highest BCUT2D eigenvalue weighted by atomic mass is 16.3. The Balaban J connectivity index is 2.19. The molecule has 19 heavy (non-hydrogen) atoms. The molecule has 2 nitrogen and oxygen atoms in total. The lowest BCUT2D eigenvalue weighted by Gasteiger charge is -2.25. The minimum Gasteiger partial charge on any atom is -0.506 e. The summed E-state index contributed by atoms with van der Waals surface area (Å²) < 4.78 is 0. The molecule has 0 saturated heterocycles. The number of nitrogens with zero attached hydrogens (tertiary/aromatic N) is 1. The van der Waals surface area contributed by atoms with Crippen molar-refractivity contribution >= 4 is 5.69 Å². The van der Waals surface area contributed by atoms with E-state index >= 15 is 0 Å². The Hall–Kier alpha value is -1.96. The SMILES string of the molecule is CCCCN(Cc1ccccc1)c1ccccc1O. The van der Waals surface area contributed by atoms with Gasteiger partial charge in [0.25, 0.3) is 0 Å². The quantitative estimate of drug-likeness (QED) is 0.836. The summed E-state index contributed by atoms with van der Waals surface area (Å²) in [6.07, 6.45) is 2.28. The first-order chi connectivity index (χ1) is 9.31. The molecule has 0 saturated carbocycles. The average molecular weight is 255 g/mol. The molecule has 0 spiro atoms. The molecular formula is C17H21NO. The Morgan fingerprint density at radius 1 is 0.947 bits per heavy atom. The number of phenolic OH excluding ortho intramolecular Hbond substituents is 1. The first-order valence-electron chi connectivity index (χ1n) is 6.88. The lowest BCUT2D eigenvalue weighted by atomic mass is 10.1. The Morgan fingerprint density at radius 3 is 2.32 bits per heavy atom. The van der Waals surface area contributed by atoms with E-state index in [0.717, 1.165) is 31.6 Å². The van der Waals surface area contributed by atoms with E-state index in [4.69, 9.17) is 0 Å². The van der Waals surface area contributed by atoms with Crippen LogP contribution >= 0.6 is 0 Å². The van der Waals surface area contributed by atoms with Crippen molar-refractivity contribution in [2.45, 2.75) is 26.3 Å². The summed E-state index contributed by atoms with van der Waals surface area (Å²) in [5.74, 6) is 0.356. The number of benzene rings is 2. The molecule has 0 unspecified atom stereocenters. The molecule has 0 amide bonds.